The van der Waals surface area contributed by atoms with E-state index in [1.807, 2.05) is 12.1 Å². The lowest BCUT2D eigenvalue weighted by Crippen LogP contribution is -2.35. The summed E-state index contributed by atoms with van der Waals surface area (Å²) in [7, 11) is 0. The first-order valence-corrected chi connectivity index (χ1v) is 13.3. The third-order valence-electron chi connectivity index (χ3n) is 6.44. The summed E-state index contributed by atoms with van der Waals surface area (Å²) < 4.78 is 21.6. The molecule has 37 heavy (non-hydrogen) atoms. The lowest BCUT2D eigenvalue weighted by atomic mass is 9.93. The first-order chi connectivity index (χ1) is 17.9. The van der Waals surface area contributed by atoms with E-state index in [-0.39, 0.29) is 12.0 Å². The van der Waals surface area contributed by atoms with Crippen LogP contribution in [0.4, 0.5) is 21.6 Å². The molecular formula is C27H32BrFN6O2. The summed E-state index contributed by atoms with van der Waals surface area (Å²) in [5.41, 5.74) is 1.79. The van der Waals surface area contributed by atoms with Gasteiger partial charge in [-0.2, -0.15) is 0 Å². The van der Waals surface area contributed by atoms with E-state index in [2.05, 4.69) is 60.7 Å². The van der Waals surface area contributed by atoms with Crippen molar-refractivity contribution < 1.29 is 13.9 Å². The van der Waals surface area contributed by atoms with Crippen LogP contribution < -0.4 is 26.0 Å². The summed E-state index contributed by atoms with van der Waals surface area (Å²) >= 11 is 3.29. The number of benzene rings is 2. The van der Waals surface area contributed by atoms with E-state index in [1.54, 1.807) is 12.1 Å². The number of nitrogens with one attached hydrogen (secondary N) is 4. The van der Waals surface area contributed by atoms with Crippen LogP contribution in [0, 0.1) is 11.7 Å². The average molecular weight is 571 g/mol. The van der Waals surface area contributed by atoms with Crippen LogP contribution in [0.15, 0.2) is 53.8 Å². The number of aromatic nitrogens is 2. The highest BCUT2D eigenvalue weighted by Gasteiger charge is 2.23. The van der Waals surface area contributed by atoms with Crippen molar-refractivity contribution in [1.29, 1.82) is 0 Å². The smallest absolute Gasteiger partial charge is 0.243 e. The number of fused-ring (bicyclic) bond motifs is 1. The Kier molecular flexibility index (Phi) is 9.29. The maximum Gasteiger partial charge on any atom is 0.243 e. The van der Waals surface area contributed by atoms with E-state index in [9.17, 15) is 9.18 Å². The van der Waals surface area contributed by atoms with Gasteiger partial charge in [0.2, 0.25) is 5.91 Å². The Balaban J connectivity index is 1.60. The SMILES string of the molecule is C=CC(=O)NCCCNc1cc2c(Nc3ccc(Br)cc3F)ncnc2cc1OC(C)C1CCNCC1. The van der Waals surface area contributed by atoms with Crippen molar-refractivity contribution in [2.75, 3.05) is 36.8 Å². The van der Waals surface area contributed by atoms with E-state index in [0.717, 1.165) is 37.0 Å². The largest absolute Gasteiger partial charge is 0.488 e. The normalized spacial score (nSPS) is 14.7. The zero-order valence-electron chi connectivity index (χ0n) is 20.8. The molecule has 8 nitrogen and oxygen atoms in total. The molecule has 1 aliphatic rings. The molecule has 10 heteroatoms. The summed E-state index contributed by atoms with van der Waals surface area (Å²) in [5.74, 6) is 1.07. The minimum absolute atomic E-state index is 0.0308. The van der Waals surface area contributed by atoms with Gasteiger partial charge in [0, 0.05) is 29.0 Å². The molecule has 196 valence electrons. The van der Waals surface area contributed by atoms with Crippen LogP contribution in [0.3, 0.4) is 0 Å². The number of rotatable bonds is 11. The zero-order chi connectivity index (χ0) is 26.2. The monoisotopic (exact) mass is 570 g/mol. The van der Waals surface area contributed by atoms with Gasteiger partial charge in [-0.05, 0) is 75.5 Å². The highest BCUT2D eigenvalue weighted by molar-refractivity contribution is 9.10. The molecule has 1 saturated heterocycles. The van der Waals surface area contributed by atoms with Gasteiger partial charge in [0.25, 0.3) is 0 Å². The number of hydrogen-bond donors (Lipinski definition) is 4. The highest BCUT2D eigenvalue weighted by atomic mass is 79.9. The van der Waals surface area contributed by atoms with Crippen LogP contribution in [0.25, 0.3) is 10.9 Å². The molecule has 2 aromatic carbocycles. The second-order valence-corrected chi connectivity index (χ2v) is 9.94. The molecule has 1 amide bonds. The number of amides is 1. The Hall–Kier alpha value is -3.24. The second kappa shape index (κ2) is 12.8. The molecule has 4 N–H and O–H groups in total. The lowest BCUT2D eigenvalue weighted by molar-refractivity contribution is -0.116. The molecule has 1 aromatic heterocycles. The van der Waals surface area contributed by atoms with E-state index in [1.165, 1.54) is 18.5 Å². The topological polar surface area (TPSA) is 100 Å². The number of piperidine rings is 1. The first-order valence-electron chi connectivity index (χ1n) is 12.5. The van der Waals surface area contributed by atoms with Crippen molar-refractivity contribution in [3.8, 4) is 5.75 Å². The average Bonchev–Trinajstić information content (AvgIpc) is 2.90. The Labute approximate surface area is 224 Å². The molecule has 2 heterocycles. The molecular weight excluding hydrogens is 539 g/mol. The molecule has 0 bridgehead atoms. The number of carbonyl (C=O) groups is 1. The molecule has 1 fully saturated rings. The molecule has 4 rings (SSSR count). The predicted molar refractivity (Wildman–Crippen MR) is 149 cm³/mol. The minimum atomic E-state index is -0.392. The van der Waals surface area contributed by atoms with Gasteiger partial charge in [0.1, 0.15) is 23.7 Å². The predicted octanol–water partition coefficient (Wildman–Crippen LogP) is 5.15. The summed E-state index contributed by atoms with van der Waals surface area (Å²) in [4.78, 5) is 20.3. The molecule has 1 atom stereocenters. The molecule has 0 saturated carbocycles. The standard InChI is InChI=1S/C27H32BrFN6O2/c1-3-26(36)32-10-4-9-31-24-14-20-23(15-25(24)37-17(2)18-7-11-30-12-8-18)33-16-34-27(20)35-22-6-5-19(28)13-21(22)29/h3,5-6,13-18,30-31H,1,4,7-12H2,2H3,(H,32,36)(H,33,34,35). The molecule has 0 spiro atoms. The van der Waals surface area contributed by atoms with Gasteiger partial charge in [-0.3, -0.25) is 4.79 Å². The van der Waals surface area contributed by atoms with Crippen molar-refractivity contribution in [2.24, 2.45) is 5.92 Å². The third-order valence-corrected chi connectivity index (χ3v) is 6.93. The Morgan fingerprint density at radius 1 is 1.24 bits per heavy atom. The second-order valence-electron chi connectivity index (χ2n) is 9.02. The number of ether oxygens (including phenoxy) is 1. The molecule has 0 aliphatic carbocycles. The number of nitrogens with zero attached hydrogens (tertiary/aromatic N) is 2. The summed E-state index contributed by atoms with van der Waals surface area (Å²) in [6.45, 7) is 8.69. The van der Waals surface area contributed by atoms with Gasteiger partial charge in [0.15, 0.2) is 0 Å². The van der Waals surface area contributed by atoms with Gasteiger partial charge >= 0.3 is 0 Å². The van der Waals surface area contributed by atoms with Crippen molar-refractivity contribution in [1.82, 2.24) is 20.6 Å². The van der Waals surface area contributed by atoms with E-state index in [0.29, 0.717) is 52.7 Å². The summed E-state index contributed by atoms with van der Waals surface area (Å²) in [5, 5.41) is 13.4. The Morgan fingerprint density at radius 2 is 2.05 bits per heavy atom. The number of anilines is 3. The lowest BCUT2D eigenvalue weighted by Gasteiger charge is -2.29. The van der Waals surface area contributed by atoms with Gasteiger partial charge in [-0.1, -0.05) is 22.5 Å². The fourth-order valence-electron chi connectivity index (χ4n) is 4.34. The zero-order valence-corrected chi connectivity index (χ0v) is 22.4. The number of halogens is 2. The minimum Gasteiger partial charge on any atom is -0.488 e. The summed E-state index contributed by atoms with van der Waals surface area (Å²) in [6.07, 6.45) is 5.58. The highest BCUT2D eigenvalue weighted by Crippen LogP contribution is 2.35. The van der Waals surface area contributed by atoms with Crippen LogP contribution in [0.2, 0.25) is 0 Å². The Morgan fingerprint density at radius 3 is 2.81 bits per heavy atom. The van der Waals surface area contributed by atoms with Gasteiger partial charge in [-0.15, -0.1) is 0 Å². The van der Waals surface area contributed by atoms with Crippen molar-refractivity contribution in [2.45, 2.75) is 32.3 Å². The van der Waals surface area contributed by atoms with Crippen molar-refractivity contribution >= 4 is 49.9 Å². The third kappa shape index (κ3) is 7.17. The van der Waals surface area contributed by atoms with Crippen LogP contribution >= 0.6 is 15.9 Å². The van der Waals surface area contributed by atoms with Crippen LogP contribution in [0.1, 0.15) is 26.2 Å². The van der Waals surface area contributed by atoms with Crippen molar-refractivity contribution in [3.63, 3.8) is 0 Å². The quantitative estimate of drug-likeness (QED) is 0.187. The van der Waals surface area contributed by atoms with Crippen LogP contribution in [-0.2, 0) is 4.79 Å². The number of carbonyl (C=O) groups excluding carboxylic acids is 1. The van der Waals surface area contributed by atoms with Crippen molar-refractivity contribution in [3.05, 3.63) is 59.6 Å². The molecule has 3 aromatic rings. The van der Waals surface area contributed by atoms with E-state index in [4.69, 9.17) is 4.74 Å². The fourth-order valence-corrected chi connectivity index (χ4v) is 4.68. The van der Waals surface area contributed by atoms with E-state index < -0.39 is 5.82 Å². The number of hydrogen-bond acceptors (Lipinski definition) is 7. The van der Waals surface area contributed by atoms with Gasteiger partial charge in [0.05, 0.1) is 23.0 Å². The maximum atomic E-state index is 14.5. The first kappa shape index (κ1) is 26.8. The molecule has 1 aliphatic heterocycles. The summed E-state index contributed by atoms with van der Waals surface area (Å²) in [6, 6.07) is 8.65. The van der Waals surface area contributed by atoms with Crippen LogP contribution in [-0.4, -0.2) is 48.2 Å². The Bertz CT molecular complexity index is 1250. The van der Waals surface area contributed by atoms with E-state index >= 15 is 0 Å². The van der Waals surface area contributed by atoms with Crippen LogP contribution in [0.5, 0.6) is 5.75 Å². The van der Waals surface area contributed by atoms with Gasteiger partial charge in [-0.25, -0.2) is 14.4 Å². The van der Waals surface area contributed by atoms with Gasteiger partial charge < -0.3 is 26.0 Å². The molecule has 1 unspecified atom stereocenters. The fraction of sp³-hybridized carbons (Fsp3) is 0.370. The maximum absolute atomic E-state index is 14.5. The molecule has 0 radical (unpaired) electrons.